The van der Waals surface area contributed by atoms with Crippen LogP contribution in [0.15, 0.2) is 60.8 Å². The summed E-state index contributed by atoms with van der Waals surface area (Å²) in [4.78, 5) is 22.8. The first-order chi connectivity index (χ1) is 11.5. The van der Waals surface area contributed by atoms with E-state index in [1.54, 1.807) is 35.1 Å². The van der Waals surface area contributed by atoms with E-state index in [1.165, 1.54) is 0 Å². The molecule has 0 saturated carbocycles. The molecule has 0 aliphatic carbocycles. The Morgan fingerprint density at radius 1 is 0.917 bits per heavy atom. The fourth-order valence-electron chi connectivity index (χ4n) is 2.45. The van der Waals surface area contributed by atoms with Gasteiger partial charge in [0.25, 0.3) is 5.91 Å². The van der Waals surface area contributed by atoms with E-state index in [9.17, 15) is 9.59 Å². The van der Waals surface area contributed by atoms with Crippen LogP contribution in [0, 0.1) is 0 Å². The maximum absolute atomic E-state index is 11.7. The van der Waals surface area contributed by atoms with Crippen LogP contribution in [0.2, 0.25) is 0 Å². The molecule has 0 aliphatic heterocycles. The van der Waals surface area contributed by atoms with Gasteiger partial charge in [-0.2, -0.15) is 5.10 Å². The molecule has 0 fully saturated rings. The Hall–Kier alpha value is -3.41. The van der Waals surface area contributed by atoms with E-state index in [-0.39, 0.29) is 0 Å². The van der Waals surface area contributed by atoms with Crippen molar-refractivity contribution in [3.63, 3.8) is 0 Å². The number of hydrogen-bond acceptors (Lipinski definition) is 3. The first-order valence-corrected chi connectivity index (χ1v) is 7.36. The molecule has 2 amide bonds. The Labute approximate surface area is 138 Å². The van der Waals surface area contributed by atoms with Crippen LogP contribution >= 0.6 is 0 Å². The van der Waals surface area contributed by atoms with E-state index in [1.807, 2.05) is 30.3 Å². The molecule has 120 valence electrons. The van der Waals surface area contributed by atoms with Gasteiger partial charge in [-0.15, -0.1) is 0 Å². The van der Waals surface area contributed by atoms with Crippen molar-refractivity contribution in [3.05, 3.63) is 77.5 Å². The number of hydrogen-bond donors (Lipinski definition) is 2. The van der Waals surface area contributed by atoms with Gasteiger partial charge in [0, 0.05) is 17.3 Å². The van der Waals surface area contributed by atoms with E-state index in [4.69, 9.17) is 11.5 Å². The van der Waals surface area contributed by atoms with Gasteiger partial charge in [-0.05, 0) is 17.7 Å². The minimum absolute atomic E-state index is 0.370. The van der Waals surface area contributed by atoms with Gasteiger partial charge in [0.1, 0.15) is 5.69 Å². The van der Waals surface area contributed by atoms with Gasteiger partial charge in [-0.25, -0.2) is 0 Å². The number of nitrogens with two attached hydrogens (primary N) is 2. The average molecular weight is 320 g/mol. The topological polar surface area (TPSA) is 104 Å². The predicted octanol–water partition coefficient (Wildman–Crippen LogP) is 1.80. The van der Waals surface area contributed by atoms with Crippen LogP contribution in [0.1, 0.15) is 26.3 Å². The van der Waals surface area contributed by atoms with Crippen LogP contribution in [0.25, 0.3) is 11.3 Å². The summed E-state index contributed by atoms with van der Waals surface area (Å²) in [6, 6.07) is 16.3. The van der Waals surface area contributed by atoms with Crippen LogP contribution in [0.5, 0.6) is 0 Å². The summed E-state index contributed by atoms with van der Waals surface area (Å²) >= 11 is 0. The van der Waals surface area contributed by atoms with Gasteiger partial charge in [-0.3, -0.25) is 14.3 Å². The molecular weight excluding hydrogens is 304 g/mol. The third-order valence-electron chi connectivity index (χ3n) is 3.66. The maximum atomic E-state index is 11.7. The number of primary amides is 2. The zero-order chi connectivity index (χ0) is 17.1. The third-order valence-corrected chi connectivity index (χ3v) is 3.66. The van der Waals surface area contributed by atoms with Gasteiger partial charge in [0.15, 0.2) is 0 Å². The molecule has 6 nitrogen and oxygen atoms in total. The molecule has 0 bridgehead atoms. The Kier molecular flexibility index (Phi) is 4.11. The van der Waals surface area contributed by atoms with Crippen molar-refractivity contribution < 1.29 is 9.59 Å². The van der Waals surface area contributed by atoms with E-state index in [0.717, 1.165) is 11.1 Å². The van der Waals surface area contributed by atoms with Crippen molar-refractivity contribution in [1.29, 1.82) is 0 Å². The van der Waals surface area contributed by atoms with Gasteiger partial charge in [-0.1, -0.05) is 42.5 Å². The number of aromatic nitrogens is 2. The standard InChI is InChI=1S/C18H16N4O2/c19-17(23)14-8-6-12(7-9-14)10-22-11-15(18(20)24)16(21-22)13-4-2-1-3-5-13/h1-9,11H,10H2,(H2,19,23)(H2,20,24). The molecule has 0 saturated heterocycles. The van der Waals surface area contributed by atoms with Gasteiger partial charge in [0.05, 0.1) is 12.1 Å². The maximum Gasteiger partial charge on any atom is 0.252 e. The number of rotatable bonds is 5. The molecule has 0 radical (unpaired) electrons. The average Bonchev–Trinajstić information content (AvgIpc) is 3.00. The lowest BCUT2D eigenvalue weighted by molar-refractivity contribution is 0.0992. The number of carbonyl (C=O) groups is 2. The number of nitrogens with zero attached hydrogens (tertiary/aromatic N) is 2. The summed E-state index contributed by atoms with van der Waals surface area (Å²) in [5.41, 5.74) is 13.8. The second-order valence-electron chi connectivity index (χ2n) is 5.38. The molecule has 3 aromatic rings. The lowest BCUT2D eigenvalue weighted by Crippen LogP contribution is -2.11. The highest BCUT2D eigenvalue weighted by Crippen LogP contribution is 2.22. The second kappa shape index (κ2) is 6.37. The summed E-state index contributed by atoms with van der Waals surface area (Å²) in [5, 5.41) is 4.48. The Morgan fingerprint density at radius 3 is 2.17 bits per heavy atom. The van der Waals surface area contributed by atoms with Crippen molar-refractivity contribution in [1.82, 2.24) is 9.78 Å². The monoisotopic (exact) mass is 320 g/mol. The minimum Gasteiger partial charge on any atom is -0.366 e. The predicted molar refractivity (Wildman–Crippen MR) is 90.2 cm³/mol. The SMILES string of the molecule is NC(=O)c1ccc(Cn2cc(C(N)=O)c(-c3ccccc3)n2)cc1. The molecule has 0 unspecified atom stereocenters. The van der Waals surface area contributed by atoms with Crippen LogP contribution < -0.4 is 11.5 Å². The van der Waals surface area contributed by atoms with Gasteiger partial charge in [0.2, 0.25) is 5.91 Å². The Balaban J connectivity index is 1.92. The van der Waals surface area contributed by atoms with Crippen LogP contribution in [-0.4, -0.2) is 21.6 Å². The molecule has 0 aliphatic rings. The van der Waals surface area contributed by atoms with Crippen LogP contribution in [0.4, 0.5) is 0 Å². The number of benzene rings is 2. The number of amides is 2. The number of carbonyl (C=O) groups excluding carboxylic acids is 2. The normalized spacial score (nSPS) is 10.5. The highest BCUT2D eigenvalue weighted by molar-refractivity contribution is 5.98. The van der Waals surface area contributed by atoms with Crippen LogP contribution in [-0.2, 0) is 6.54 Å². The molecule has 1 heterocycles. The van der Waals surface area contributed by atoms with Crippen molar-refractivity contribution >= 4 is 11.8 Å². The smallest absolute Gasteiger partial charge is 0.252 e. The molecule has 4 N–H and O–H groups in total. The first kappa shape index (κ1) is 15.5. The van der Waals surface area contributed by atoms with Crippen molar-refractivity contribution in [3.8, 4) is 11.3 Å². The van der Waals surface area contributed by atoms with Crippen LogP contribution in [0.3, 0.4) is 0 Å². The highest BCUT2D eigenvalue weighted by atomic mass is 16.1. The molecule has 1 aromatic heterocycles. The van der Waals surface area contributed by atoms with Crippen molar-refractivity contribution in [2.24, 2.45) is 11.5 Å². The van der Waals surface area contributed by atoms with Gasteiger partial charge >= 0.3 is 0 Å². The molecular formula is C18H16N4O2. The molecule has 3 rings (SSSR count). The third kappa shape index (κ3) is 3.17. The zero-order valence-electron chi connectivity index (χ0n) is 12.8. The minimum atomic E-state index is -0.524. The molecule has 24 heavy (non-hydrogen) atoms. The summed E-state index contributed by atoms with van der Waals surface area (Å²) in [7, 11) is 0. The second-order valence-corrected chi connectivity index (χ2v) is 5.38. The molecule has 0 atom stereocenters. The van der Waals surface area contributed by atoms with Crippen molar-refractivity contribution in [2.75, 3.05) is 0 Å². The fraction of sp³-hybridized carbons (Fsp3) is 0.0556. The molecule has 0 spiro atoms. The fourth-order valence-corrected chi connectivity index (χ4v) is 2.45. The summed E-state index contributed by atoms with van der Waals surface area (Å²) < 4.78 is 1.65. The van der Waals surface area contributed by atoms with E-state index >= 15 is 0 Å². The lowest BCUT2D eigenvalue weighted by atomic mass is 10.1. The van der Waals surface area contributed by atoms with Crippen molar-refractivity contribution in [2.45, 2.75) is 6.54 Å². The summed E-state index contributed by atoms with van der Waals surface area (Å²) in [6.07, 6.45) is 1.63. The van der Waals surface area contributed by atoms with E-state index < -0.39 is 11.8 Å². The molecule has 2 aromatic carbocycles. The summed E-state index contributed by atoms with van der Waals surface area (Å²) in [6.45, 7) is 0.451. The lowest BCUT2D eigenvalue weighted by Gasteiger charge is -2.03. The Bertz CT molecular complexity index is 883. The zero-order valence-corrected chi connectivity index (χ0v) is 12.8. The largest absolute Gasteiger partial charge is 0.366 e. The molecule has 6 heteroatoms. The quantitative estimate of drug-likeness (QED) is 0.749. The highest BCUT2D eigenvalue weighted by Gasteiger charge is 2.15. The van der Waals surface area contributed by atoms with E-state index in [0.29, 0.717) is 23.4 Å². The first-order valence-electron chi connectivity index (χ1n) is 7.36. The Morgan fingerprint density at radius 2 is 1.58 bits per heavy atom. The van der Waals surface area contributed by atoms with E-state index in [2.05, 4.69) is 5.10 Å². The van der Waals surface area contributed by atoms with Gasteiger partial charge < -0.3 is 11.5 Å². The summed E-state index contributed by atoms with van der Waals surface area (Å²) in [5.74, 6) is -0.993.